The van der Waals surface area contributed by atoms with Gasteiger partial charge in [0.05, 0.1) is 4.90 Å². The molecule has 7 heteroatoms. The third-order valence-electron chi connectivity index (χ3n) is 3.94. The quantitative estimate of drug-likeness (QED) is 0.413. The number of carbonyl (C=O) groups excluding carboxylic acids is 1. The number of hydrogen-bond donors (Lipinski definition) is 0. The maximum atomic E-state index is 13.1. The SMILES string of the molecule is CC(=O)N(/C=C(\Sc1ccccc1)c1ccccc1)S(=O)(=O)c1ccc(Br)cc1. The number of rotatable bonds is 6. The predicted octanol–water partition coefficient (Wildman–Crippen LogP) is 5.78. The van der Waals surface area contributed by atoms with E-state index in [9.17, 15) is 13.2 Å². The topological polar surface area (TPSA) is 54.5 Å². The van der Waals surface area contributed by atoms with Gasteiger partial charge in [-0.25, -0.2) is 12.7 Å². The van der Waals surface area contributed by atoms with E-state index in [2.05, 4.69) is 15.9 Å². The van der Waals surface area contributed by atoms with Gasteiger partial charge in [-0.15, -0.1) is 0 Å². The van der Waals surface area contributed by atoms with E-state index in [1.807, 2.05) is 60.7 Å². The third kappa shape index (κ3) is 5.38. The zero-order chi connectivity index (χ0) is 20.9. The molecule has 0 unspecified atom stereocenters. The highest BCUT2D eigenvalue weighted by atomic mass is 79.9. The Hall–Kier alpha value is -2.35. The summed E-state index contributed by atoms with van der Waals surface area (Å²) in [4.78, 5) is 14.0. The molecule has 0 bridgehead atoms. The van der Waals surface area contributed by atoms with Crippen LogP contribution in [0.1, 0.15) is 12.5 Å². The highest BCUT2D eigenvalue weighted by Crippen LogP contribution is 2.35. The minimum atomic E-state index is -4.04. The van der Waals surface area contributed by atoms with E-state index in [1.54, 1.807) is 12.1 Å². The normalized spacial score (nSPS) is 11.9. The molecular formula is C22H18BrNO3S2. The van der Waals surface area contributed by atoms with Crippen LogP contribution in [0.5, 0.6) is 0 Å². The van der Waals surface area contributed by atoms with Gasteiger partial charge in [-0.2, -0.15) is 0 Å². The van der Waals surface area contributed by atoms with Crippen molar-refractivity contribution in [3.8, 4) is 0 Å². The number of amides is 1. The third-order valence-corrected chi connectivity index (χ3v) is 7.29. The van der Waals surface area contributed by atoms with Crippen molar-refractivity contribution in [3.05, 3.63) is 101 Å². The van der Waals surface area contributed by atoms with Gasteiger partial charge in [-0.3, -0.25) is 4.79 Å². The smallest absolute Gasteiger partial charge is 0.270 e. The van der Waals surface area contributed by atoms with Gasteiger partial charge in [0.1, 0.15) is 0 Å². The van der Waals surface area contributed by atoms with Crippen molar-refractivity contribution in [2.75, 3.05) is 0 Å². The lowest BCUT2D eigenvalue weighted by molar-refractivity contribution is -0.122. The zero-order valence-corrected chi connectivity index (χ0v) is 18.7. The van der Waals surface area contributed by atoms with Crippen LogP contribution in [0.3, 0.4) is 0 Å². The minimum Gasteiger partial charge on any atom is -0.274 e. The van der Waals surface area contributed by atoms with E-state index in [0.717, 1.165) is 19.2 Å². The second-order valence-electron chi connectivity index (χ2n) is 6.05. The van der Waals surface area contributed by atoms with Crippen LogP contribution in [-0.2, 0) is 14.8 Å². The van der Waals surface area contributed by atoms with E-state index in [1.165, 1.54) is 37.0 Å². The Morgan fingerprint density at radius 3 is 2.00 bits per heavy atom. The van der Waals surface area contributed by atoms with Crippen molar-refractivity contribution < 1.29 is 13.2 Å². The van der Waals surface area contributed by atoms with Crippen LogP contribution < -0.4 is 0 Å². The fourth-order valence-corrected chi connectivity index (χ4v) is 5.11. The molecule has 0 atom stereocenters. The van der Waals surface area contributed by atoms with Crippen molar-refractivity contribution >= 4 is 48.5 Å². The Balaban J connectivity index is 2.09. The van der Waals surface area contributed by atoms with Gasteiger partial charge in [-0.05, 0) is 42.0 Å². The number of thioether (sulfide) groups is 1. The standard InChI is InChI=1S/C22H18BrNO3S2/c1-17(25)24(29(26,27)21-14-12-19(23)13-15-21)16-22(18-8-4-2-5-9-18)28-20-10-6-3-7-11-20/h2-16H,1H3/b22-16-. The van der Waals surface area contributed by atoms with Gasteiger partial charge >= 0.3 is 0 Å². The molecular weight excluding hydrogens is 470 g/mol. The number of nitrogens with zero attached hydrogens (tertiary/aromatic N) is 1. The molecule has 148 valence electrons. The van der Waals surface area contributed by atoms with Crippen LogP contribution in [0.4, 0.5) is 0 Å². The molecule has 0 fully saturated rings. The summed E-state index contributed by atoms with van der Waals surface area (Å²) < 4.78 is 27.8. The van der Waals surface area contributed by atoms with E-state index >= 15 is 0 Å². The molecule has 0 saturated carbocycles. The van der Waals surface area contributed by atoms with Crippen molar-refractivity contribution in [2.24, 2.45) is 0 Å². The lowest BCUT2D eigenvalue weighted by Crippen LogP contribution is -2.30. The Bertz CT molecular complexity index is 1110. The average Bonchev–Trinajstić information content (AvgIpc) is 2.72. The molecule has 29 heavy (non-hydrogen) atoms. The first-order valence-corrected chi connectivity index (χ1v) is 11.7. The van der Waals surface area contributed by atoms with E-state index in [0.29, 0.717) is 4.91 Å². The average molecular weight is 488 g/mol. The first kappa shape index (κ1) is 21.4. The first-order chi connectivity index (χ1) is 13.9. The number of hydrogen-bond acceptors (Lipinski definition) is 4. The number of carbonyl (C=O) groups is 1. The van der Waals surface area contributed by atoms with Gasteiger partial charge in [0.2, 0.25) is 5.91 Å². The van der Waals surface area contributed by atoms with Crippen LogP contribution in [0.25, 0.3) is 4.91 Å². The maximum absolute atomic E-state index is 13.1. The van der Waals surface area contributed by atoms with Crippen molar-refractivity contribution in [1.29, 1.82) is 0 Å². The molecule has 0 aliphatic rings. The summed E-state index contributed by atoms with van der Waals surface area (Å²) in [6, 6.07) is 25.2. The molecule has 0 aliphatic carbocycles. The largest absolute Gasteiger partial charge is 0.274 e. The molecule has 0 radical (unpaired) electrons. The first-order valence-electron chi connectivity index (χ1n) is 8.68. The second kappa shape index (κ2) is 9.43. The Labute approximate surface area is 183 Å². The molecule has 1 amide bonds. The number of halogens is 1. The summed E-state index contributed by atoms with van der Waals surface area (Å²) in [5.74, 6) is -0.588. The number of sulfonamides is 1. The van der Waals surface area contributed by atoms with E-state index in [-0.39, 0.29) is 4.90 Å². The van der Waals surface area contributed by atoms with Crippen LogP contribution in [0, 0.1) is 0 Å². The highest BCUT2D eigenvalue weighted by molar-refractivity contribution is 9.10. The molecule has 0 aliphatic heterocycles. The van der Waals surface area contributed by atoms with Gasteiger partial charge in [0.15, 0.2) is 0 Å². The molecule has 0 N–H and O–H groups in total. The lowest BCUT2D eigenvalue weighted by Gasteiger charge is -2.19. The van der Waals surface area contributed by atoms with Crippen molar-refractivity contribution in [2.45, 2.75) is 16.7 Å². The molecule has 3 rings (SSSR count). The summed E-state index contributed by atoms with van der Waals surface area (Å²) >= 11 is 4.69. The van der Waals surface area contributed by atoms with E-state index in [4.69, 9.17) is 0 Å². The lowest BCUT2D eigenvalue weighted by atomic mass is 10.2. The molecule has 0 heterocycles. The second-order valence-corrected chi connectivity index (χ2v) is 9.89. The van der Waals surface area contributed by atoms with Crippen LogP contribution in [-0.4, -0.2) is 18.6 Å². The molecule has 4 nitrogen and oxygen atoms in total. The Morgan fingerprint density at radius 1 is 0.897 bits per heavy atom. The Kier molecular flexibility index (Phi) is 6.95. The van der Waals surface area contributed by atoms with Crippen LogP contribution in [0.15, 0.2) is 105 Å². The molecule has 3 aromatic rings. The van der Waals surface area contributed by atoms with Crippen molar-refractivity contribution in [3.63, 3.8) is 0 Å². The van der Waals surface area contributed by atoms with Crippen LogP contribution >= 0.6 is 27.7 Å². The van der Waals surface area contributed by atoms with E-state index < -0.39 is 15.9 Å². The van der Waals surface area contributed by atoms with Gasteiger partial charge in [0, 0.05) is 27.4 Å². The summed E-state index contributed by atoms with van der Waals surface area (Å²) in [5, 5.41) is 0. The molecule has 0 aromatic heterocycles. The van der Waals surface area contributed by atoms with Crippen molar-refractivity contribution in [1.82, 2.24) is 4.31 Å². The highest BCUT2D eigenvalue weighted by Gasteiger charge is 2.26. The minimum absolute atomic E-state index is 0.0456. The van der Waals surface area contributed by atoms with Gasteiger partial charge in [0.25, 0.3) is 10.0 Å². The molecule has 0 spiro atoms. The summed E-state index contributed by atoms with van der Waals surface area (Å²) in [7, 11) is -4.04. The Morgan fingerprint density at radius 2 is 1.45 bits per heavy atom. The maximum Gasteiger partial charge on any atom is 0.270 e. The zero-order valence-electron chi connectivity index (χ0n) is 15.5. The predicted molar refractivity (Wildman–Crippen MR) is 121 cm³/mol. The summed E-state index contributed by atoms with van der Waals surface area (Å²) in [6.45, 7) is 1.24. The number of benzene rings is 3. The van der Waals surface area contributed by atoms with Gasteiger partial charge < -0.3 is 0 Å². The molecule has 3 aromatic carbocycles. The van der Waals surface area contributed by atoms with Crippen LogP contribution in [0.2, 0.25) is 0 Å². The summed E-state index contributed by atoms with van der Waals surface area (Å²) in [6.07, 6.45) is 1.40. The monoisotopic (exact) mass is 487 g/mol. The summed E-state index contributed by atoms with van der Waals surface area (Å²) in [5.41, 5.74) is 0.818. The fourth-order valence-electron chi connectivity index (χ4n) is 2.53. The van der Waals surface area contributed by atoms with Gasteiger partial charge in [-0.1, -0.05) is 76.2 Å². The fraction of sp³-hybridized carbons (Fsp3) is 0.0455. The molecule has 0 saturated heterocycles.